The third-order valence-corrected chi connectivity index (χ3v) is 4.06. The molecule has 0 spiro atoms. The van der Waals surface area contributed by atoms with E-state index in [1.54, 1.807) is 4.68 Å². The van der Waals surface area contributed by atoms with Gasteiger partial charge in [-0.1, -0.05) is 19.3 Å². The van der Waals surface area contributed by atoms with Crippen LogP contribution in [0.25, 0.3) is 0 Å². The van der Waals surface area contributed by atoms with Crippen LogP contribution >= 0.6 is 12.2 Å². The molecular formula is C12H18N4S. The van der Waals surface area contributed by atoms with Gasteiger partial charge in [0, 0.05) is 18.0 Å². The molecule has 1 aliphatic heterocycles. The second-order valence-corrected chi connectivity index (χ2v) is 5.39. The lowest BCUT2D eigenvalue weighted by Crippen LogP contribution is -2.22. The van der Waals surface area contributed by atoms with Gasteiger partial charge in [-0.05, 0) is 31.5 Å². The number of hydrogen-bond acceptors (Lipinski definition) is 3. The molecule has 0 atom stereocenters. The topological polar surface area (TPSA) is 55.9 Å². The van der Waals surface area contributed by atoms with Gasteiger partial charge in [0.25, 0.3) is 0 Å². The summed E-state index contributed by atoms with van der Waals surface area (Å²) in [5.74, 6) is 1.66. The average molecular weight is 250 g/mol. The van der Waals surface area contributed by atoms with E-state index in [4.69, 9.17) is 18.0 Å². The first kappa shape index (κ1) is 11.0. The molecule has 2 heterocycles. The van der Waals surface area contributed by atoms with Crippen LogP contribution in [0, 0.1) is 0 Å². The van der Waals surface area contributed by atoms with Gasteiger partial charge in [0.1, 0.15) is 5.82 Å². The van der Waals surface area contributed by atoms with Crippen LogP contribution in [0.5, 0.6) is 0 Å². The Bertz CT molecular complexity index is 446. The number of aromatic nitrogens is 2. The molecule has 1 aromatic rings. The van der Waals surface area contributed by atoms with Gasteiger partial charge in [0.05, 0.1) is 5.69 Å². The number of fused-ring (bicyclic) bond motifs is 1. The zero-order valence-corrected chi connectivity index (χ0v) is 10.7. The minimum Gasteiger partial charge on any atom is -0.374 e. The van der Waals surface area contributed by atoms with Crippen molar-refractivity contribution in [3.8, 4) is 0 Å². The van der Waals surface area contributed by atoms with Gasteiger partial charge in [-0.25, -0.2) is 0 Å². The summed E-state index contributed by atoms with van der Waals surface area (Å²) in [5.41, 5.74) is 8.32. The van der Waals surface area contributed by atoms with Crippen molar-refractivity contribution < 1.29 is 0 Å². The van der Waals surface area contributed by atoms with Gasteiger partial charge >= 0.3 is 0 Å². The van der Waals surface area contributed by atoms with Gasteiger partial charge in [0.15, 0.2) is 5.11 Å². The largest absolute Gasteiger partial charge is 0.374 e. The highest BCUT2D eigenvalue weighted by atomic mass is 32.1. The highest BCUT2D eigenvalue weighted by Gasteiger charge is 2.28. The van der Waals surface area contributed by atoms with E-state index in [0.717, 1.165) is 18.8 Å². The maximum absolute atomic E-state index is 5.72. The summed E-state index contributed by atoms with van der Waals surface area (Å²) in [6.45, 7) is 0.982. The molecule has 1 saturated carbocycles. The fraction of sp³-hybridized carbons (Fsp3) is 0.667. The Kier molecular flexibility index (Phi) is 2.78. The third kappa shape index (κ3) is 1.82. The summed E-state index contributed by atoms with van der Waals surface area (Å²) < 4.78 is 1.71. The van der Waals surface area contributed by atoms with Crippen molar-refractivity contribution in [1.82, 2.24) is 9.78 Å². The van der Waals surface area contributed by atoms with Crippen molar-refractivity contribution in [3.05, 3.63) is 11.3 Å². The summed E-state index contributed by atoms with van der Waals surface area (Å²) in [6, 6.07) is 0. The smallest absolute Gasteiger partial charge is 0.193 e. The van der Waals surface area contributed by atoms with Crippen LogP contribution in [0.1, 0.15) is 49.3 Å². The molecule has 1 aromatic heterocycles. The minimum atomic E-state index is 0.345. The Balaban J connectivity index is 1.99. The molecule has 0 saturated heterocycles. The first-order valence-electron chi connectivity index (χ1n) is 6.43. The Morgan fingerprint density at radius 1 is 1.35 bits per heavy atom. The van der Waals surface area contributed by atoms with Crippen LogP contribution in [0.4, 0.5) is 5.82 Å². The number of nitrogens with two attached hydrogens (primary N) is 1. The standard InChI is InChI=1S/C12H18N4S/c13-12(17)16-11-9(6-7-14-11)10(15-16)8-4-2-1-3-5-8/h8,14H,1-7H2,(H2,13,17). The summed E-state index contributed by atoms with van der Waals surface area (Å²) in [7, 11) is 0. The second-order valence-electron chi connectivity index (χ2n) is 4.97. The lowest BCUT2D eigenvalue weighted by atomic mass is 9.85. The lowest BCUT2D eigenvalue weighted by Gasteiger charge is -2.20. The van der Waals surface area contributed by atoms with Crippen molar-refractivity contribution in [3.63, 3.8) is 0 Å². The normalized spacial score (nSPS) is 20.0. The number of nitrogens with zero attached hydrogens (tertiary/aromatic N) is 2. The zero-order valence-electron chi connectivity index (χ0n) is 9.91. The monoisotopic (exact) mass is 250 g/mol. The Morgan fingerprint density at radius 3 is 2.82 bits per heavy atom. The Morgan fingerprint density at radius 2 is 2.12 bits per heavy atom. The van der Waals surface area contributed by atoms with Crippen molar-refractivity contribution in [2.24, 2.45) is 5.73 Å². The third-order valence-electron chi connectivity index (χ3n) is 3.88. The van der Waals surface area contributed by atoms with E-state index < -0.39 is 0 Å². The average Bonchev–Trinajstić information content (AvgIpc) is 2.90. The predicted molar refractivity (Wildman–Crippen MR) is 72.4 cm³/mol. The minimum absolute atomic E-state index is 0.345. The van der Waals surface area contributed by atoms with Crippen molar-refractivity contribution in [2.45, 2.75) is 44.4 Å². The van der Waals surface area contributed by atoms with E-state index in [0.29, 0.717) is 11.0 Å². The highest BCUT2D eigenvalue weighted by Crippen LogP contribution is 2.37. The Labute approximate surface area is 107 Å². The summed E-state index contributed by atoms with van der Waals surface area (Å²) in [5, 5.41) is 8.33. The molecule has 5 heteroatoms. The van der Waals surface area contributed by atoms with Crippen LogP contribution in [-0.4, -0.2) is 21.4 Å². The van der Waals surface area contributed by atoms with Crippen LogP contribution in [-0.2, 0) is 6.42 Å². The number of hydrogen-bond donors (Lipinski definition) is 2. The molecule has 2 aliphatic rings. The molecule has 1 fully saturated rings. The molecule has 0 radical (unpaired) electrons. The van der Waals surface area contributed by atoms with Crippen molar-refractivity contribution in [1.29, 1.82) is 0 Å². The Hall–Kier alpha value is -1.10. The van der Waals surface area contributed by atoms with Gasteiger partial charge in [0.2, 0.25) is 0 Å². The van der Waals surface area contributed by atoms with E-state index in [2.05, 4.69) is 10.4 Å². The summed E-state index contributed by atoms with van der Waals surface area (Å²) in [4.78, 5) is 0. The lowest BCUT2D eigenvalue weighted by molar-refractivity contribution is 0.433. The van der Waals surface area contributed by atoms with Crippen LogP contribution in [0.3, 0.4) is 0 Å². The molecule has 1 aliphatic carbocycles. The van der Waals surface area contributed by atoms with Gasteiger partial charge in [-0.3, -0.25) is 0 Å². The summed E-state index contributed by atoms with van der Waals surface area (Å²) >= 11 is 5.06. The van der Waals surface area contributed by atoms with Crippen molar-refractivity contribution in [2.75, 3.05) is 11.9 Å². The SMILES string of the molecule is NC(=S)n1nc(C2CCCCC2)c2c1NCC2. The maximum Gasteiger partial charge on any atom is 0.193 e. The molecule has 17 heavy (non-hydrogen) atoms. The van der Waals surface area contributed by atoms with Gasteiger partial charge < -0.3 is 11.1 Å². The first-order chi connectivity index (χ1) is 8.27. The van der Waals surface area contributed by atoms with Gasteiger partial charge in [-0.15, -0.1) is 0 Å². The van der Waals surface area contributed by atoms with Crippen LogP contribution < -0.4 is 11.1 Å². The number of anilines is 1. The fourth-order valence-corrected chi connectivity index (χ4v) is 3.20. The molecule has 3 rings (SSSR count). The van der Waals surface area contributed by atoms with E-state index in [9.17, 15) is 0 Å². The number of nitrogens with one attached hydrogen (secondary N) is 1. The molecule has 4 nitrogen and oxygen atoms in total. The molecule has 92 valence electrons. The van der Waals surface area contributed by atoms with Crippen molar-refractivity contribution >= 4 is 23.1 Å². The number of rotatable bonds is 1. The molecule has 0 amide bonds. The first-order valence-corrected chi connectivity index (χ1v) is 6.83. The maximum atomic E-state index is 5.72. The van der Waals surface area contributed by atoms with Crippen LogP contribution in [0.2, 0.25) is 0 Å². The van der Waals surface area contributed by atoms with Gasteiger partial charge in [-0.2, -0.15) is 9.78 Å². The molecule has 3 N–H and O–H groups in total. The second kappa shape index (κ2) is 4.29. The van der Waals surface area contributed by atoms with E-state index in [1.165, 1.54) is 43.4 Å². The molecular weight excluding hydrogens is 232 g/mol. The highest BCUT2D eigenvalue weighted by molar-refractivity contribution is 7.80. The summed E-state index contributed by atoms with van der Waals surface area (Å²) in [6.07, 6.45) is 7.61. The van der Waals surface area contributed by atoms with Crippen LogP contribution in [0.15, 0.2) is 0 Å². The zero-order chi connectivity index (χ0) is 11.8. The molecule has 0 unspecified atom stereocenters. The molecule has 0 aromatic carbocycles. The molecule has 0 bridgehead atoms. The van der Waals surface area contributed by atoms with E-state index in [-0.39, 0.29) is 0 Å². The van der Waals surface area contributed by atoms with E-state index in [1.807, 2.05) is 0 Å². The fourth-order valence-electron chi connectivity index (χ4n) is 3.06. The number of thiocarbonyl (C=S) groups is 1. The van der Waals surface area contributed by atoms with E-state index >= 15 is 0 Å². The predicted octanol–water partition coefficient (Wildman–Crippen LogP) is 1.99. The quantitative estimate of drug-likeness (QED) is 0.748.